The van der Waals surface area contributed by atoms with Crippen LogP contribution in [0.15, 0.2) is 175 Å². The van der Waals surface area contributed by atoms with E-state index in [0.717, 1.165) is 40.8 Å². The van der Waals surface area contributed by atoms with Gasteiger partial charge in [0, 0.05) is 18.2 Å². The third-order valence-electron chi connectivity index (χ3n) is 7.88. The van der Waals surface area contributed by atoms with Gasteiger partial charge in [0.05, 0.1) is 20.3 Å². The summed E-state index contributed by atoms with van der Waals surface area (Å²) in [5.41, 5.74) is 13.6. The lowest BCUT2D eigenvalue weighted by atomic mass is 9.99. The number of ether oxygens (including phenoxy) is 2. The Morgan fingerprint density at radius 1 is 0.509 bits per heavy atom. The van der Waals surface area contributed by atoms with Crippen LogP contribution < -0.4 is 15.2 Å². The van der Waals surface area contributed by atoms with Gasteiger partial charge in [-0.25, -0.2) is 0 Å². The Bertz CT molecular complexity index is 1870. The Labute approximate surface area is 313 Å². The lowest BCUT2D eigenvalue weighted by Gasteiger charge is -2.15. The molecule has 0 aliphatic rings. The summed E-state index contributed by atoms with van der Waals surface area (Å²) in [6, 6.07) is 56.1. The van der Waals surface area contributed by atoms with Crippen LogP contribution in [-0.4, -0.2) is 36.8 Å². The molecule has 0 fully saturated rings. The number of carboxylic acids is 1. The van der Waals surface area contributed by atoms with Gasteiger partial charge < -0.3 is 20.3 Å². The fourth-order valence-corrected chi connectivity index (χ4v) is 5.05. The molecule has 6 aromatic rings. The number of ketones is 1. The minimum atomic E-state index is -0.833. The van der Waals surface area contributed by atoms with E-state index < -0.39 is 5.97 Å². The highest BCUT2D eigenvalue weighted by Gasteiger charge is 2.13. The summed E-state index contributed by atoms with van der Waals surface area (Å²) in [6.45, 7) is 4.68. The molecule has 0 aromatic heterocycles. The van der Waals surface area contributed by atoms with E-state index in [0.29, 0.717) is 5.56 Å². The molecule has 272 valence electrons. The molecule has 0 spiro atoms. The quantitative estimate of drug-likeness (QED) is 0.114. The average molecular weight is 709 g/mol. The van der Waals surface area contributed by atoms with E-state index in [4.69, 9.17) is 30.1 Å². The van der Waals surface area contributed by atoms with Gasteiger partial charge in [0.25, 0.3) is 5.97 Å². The first-order chi connectivity index (χ1) is 25.6. The van der Waals surface area contributed by atoms with Crippen LogP contribution in [0, 0.1) is 0 Å². The number of nitrogens with two attached hydrogens (primary N) is 1. The number of methoxy groups -OCH3 is 2. The van der Waals surface area contributed by atoms with Crippen LogP contribution in [0.3, 0.4) is 0 Å². The van der Waals surface area contributed by atoms with Gasteiger partial charge in [-0.3, -0.25) is 14.6 Å². The number of carbonyl (C=O) groups excluding carboxylic acids is 1. The first-order valence-corrected chi connectivity index (χ1v) is 17.1. The standard InChI is InChI=1S/C22H21NO.C13H13N.C9H10O2.C2H4O2/c1-17(18-13-15-21(24-2)16-14-18)23-22(19-9-5-3-6-10-19)20-11-7-4-8-12-20;14-13(11-7-3-1-4-8-11)12-9-5-2-6-10-12;1-7(10)8-3-5-9(11-2)6-4-8;1-2(3)4/h3-16,22H,1-2H3;1-10,13H,14H2;3-6H,1-2H3;1H3,(H,3,4). The second-order valence-electron chi connectivity index (χ2n) is 11.8. The predicted octanol–water partition coefficient (Wildman–Crippen LogP) is 10.0. The molecule has 7 heteroatoms. The largest absolute Gasteiger partial charge is 0.497 e. The number of aliphatic imine (C=N–C) groups is 1. The molecule has 0 aliphatic heterocycles. The molecule has 6 rings (SSSR count). The molecule has 3 N–H and O–H groups in total. The summed E-state index contributed by atoms with van der Waals surface area (Å²) in [7, 11) is 3.28. The summed E-state index contributed by atoms with van der Waals surface area (Å²) in [4.78, 5) is 24.8. The molecule has 0 radical (unpaired) electrons. The molecule has 0 bridgehead atoms. The van der Waals surface area contributed by atoms with Gasteiger partial charge >= 0.3 is 0 Å². The molecular formula is C46H48N2O5. The maximum absolute atomic E-state index is 10.8. The van der Waals surface area contributed by atoms with E-state index in [1.807, 2.05) is 72.8 Å². The summed E-state index contributed by atoms with van der Waals surface area (Å²) < 4.78 is 10.2. The highest BCUT2D eigenvalue weighted by Crippen LogP contribution is 2.27. The van der Waals surface area contributed by atoms with Crippen molar-refractivity contribution >= 4 is 17.5 Å². The lowest BCUT2D eigenvalue weighted by molar-refractivity contribution is -0.134. The molecule has 0 amide bonds. The highest BCUT2D eigenvalue weighted by atomic mass is 16.5. The molecule has 0 atom stereocenters. The highest BCUT2D eigenvalue weighted by molar-refractivity contribution is 5.99. The number of hydrogen-bond donors (Lipinski definition) is 2. The molecule has 0 aliphatic carbocycles. The summed E-state index contributed by atoms with van der Waals surface area (Å²) in [5, 5.41) is 7.42. The van der Waals surface area contributed by atoms with Gasteiger partial charge in [-0.1, -0.05) is 121 Å². The fourth-order valence-electron chi connectivity index (χ4n) is 5.05. The van der Waals surface area contributed by atoms with Crippen molar-refractivity contribution in [2.75, 3.05) is 14.2 Å². The number of Topliss-reactive ketones (excluding diaryl/α,β-unsaturated/α-hetero) is 1. The van der Waals surface area contributed by atoms with Gasteiger partial charge in [0.2, 0.25) is 0 Å². The molecule has 0 saturated heterocycles. The van der Waals surface area contributed by atoms with E-state index in [1.54, 1.807) is 45.4 Å². The third kappa shape index (κ3) is 14.4. The Kier molecular flexibility index (Phi) is 17.5. The van der Waals surface area contributed by atoms with Crippen LogP contribution in [0.1, 0.15) is 71.0 Å². The van der Waals surface area contributed by atoms with Crippen LogP contribution >= 0.6 is 0 Å². The van der Waals surface area contributed by atoms with E-state index in [-0.39, 0.29) is 17.9 Å². The molecule has 53 heavy (non-hydrogen) atoms. The Balaban J connectivity index is 0.000000221. The van der Waals surface area contributed by atoms with Crippen LogP contribution in [0.4, 0.5) is 0 Å². The first-order valence-electron chi connectivity index (χ1n) is 17.1. The van der Waals surface area contributed by atoms with Crippen molar-refractivity contribution in [2.24, 2.45) is 10.7 Å². The van der Waals surface area contributed by atoms with Gasteiger partial charge in [-0.05, 0) is 90.2 Å². The summed E-state index contributed by atoms with van der Waals surface area (Å²) >= 11 is 0. The summed E-state index contributed by atoms with van der Waals surface area (Å²) in [5.74, 6) is 0.872. The van der Waals surface area contributed by atoms with Crippen molar-refractivity contribution in [2.45, 2.75) is 32.9 Å². The van der Waals surface area contributed by atoms with E-state index in [2.05, 4.69) is 79.7 Å². The Morgan fingerprint density at radius 2 is 0.811 bits per heavy atom. The second kappa shape index (κ2) is 22.5. The smallest absolute Gasteiger partial charge is 0.300 e. The molecule has 0 heterocycles. The second-order valence-corrected chi connectivity index (χ2v) is 11.8. The van der Waals surface area contributed by atoms with Crippen molar-refractivity contribution in [3.05, 3.63) is 203 Å². The third-order valence-corrected chi connectivity index (χ3v) is 7.88. The van der Waals surface area contributed by atoms with Crippen molar-refractivity contribution in [1.82, 2.24) is 0 Å². The van der Waals surface area contributed by atoms with Crippen molar-refractivity contribution < 1.29 is 24.2 Å². The van der Waals surface area contributed by atoms with Gasteiger partial charge in [-0.15, -0.1) is 0 Å². The minimum absolute atomic E-state index is 0.00509. The number of aliphatic carboxylic acids is 1. The average Bonchev–Trinajstić information content (AvgIpc) is 3.21. The fraction of sp³-hybridized carbons (Fsp3) is 0.152. The van der Waals surface area contributed by atoms with E-state index in [9.17, 15) is 4.79 Å². The maximum Gasteiger partial charge on any atom is 0.300 e. The number of hydrogen-bond acceptors (Lipinski definition) is 6. The topological polar surface area (TPSA) is 111 Å². The van der Waals surface area contributed by atoms with E-state index in [1.165, 1.54) is 11.1 Å². The zero-order valence-electron chi connectivity index (χ0n) is 30.9. The molecule has 7 nitrogen and oxygen atoms in total. The Morgan fingerprint density at radius 3 is 1.11 bits per heavy atom. The zero-order chi connectivity index (χ0) is 38.4. The summed E-state index contributed by atoms with van der Waals surface area (Å²) in [6.07, 6.45) is 0. The number of carboxylic acid groups (broad SMARTS) is 1. The number of benzene rings is 6. The normalized spacial score (nSPS) is 10.4. The van der Waals surface area contributed by atoms with Crippen LogP contribution in [0.5, 0.6) is 11.5 Å². The van der Waals surface area contributed by atoms with Gasteiger partial charge in [0.15, 0.2) is 5.78 Å². The monoisotopic (exact) mass is 708 g/mol. The Hall–Kier alpha value is -6.31. The van der Waals surface area contributed by atoms with Crippen LogP contribution in [0.25, 0.3) is 0 Å². The van der Waals surface area contributed by atoms with Crippen molar-refractivity contribution in [3.8, 4) is 11.5 Å². The lowest BCUT2D eigenvalue weighted by Crippen LogP contribution is -2.11. The van der Waals surface area contributed by atoms with E-state index >= 15 is 0 Å². The predicted molar refractivity (Wildman–Crippen MR) is 215 cm³/mol. The first kappa shape index (κ1) is 41.1. The van der Waals surface area contributed by atoms with Crippen LogP contribution in [0.2, 0.25) is 0 Å². The van der Waals surface area contributed by atoms with Gasteiger partial charge in [-0.2, -0.15) is 0 Å². The molecule has 6 aromatic carbocycles. The maximum atomic E-state index is 10.8. The van der Waals surface area contributed by atoms with Gasteiger partial charge in [0.1, 0.15) is 17.5 Å². The SMILES string of the molecule is CC(=O)O.COc1ccc(C(C)=NC(c2ccccc2)c2ccccc2)cc1.COc1ccc(C(C)=O)cc1.NC(c1ccccc1)c1ccccc1. The molecule has 0 unspecified atom stereocenters. The molecule has 0 saturated carbocycles. The zero-order valence-corrected chi connectivity index (χ0v) is 30.9. The van der Waals surface area contributed by atoms with Crippen molar-refractivity contribution in [3.63, 3.8) is 0 Å². The minimum Gasteiger partial charge on any atom is -0.497 e. The van der Waals surface area contributed by atoms with Crippen molar-refractivity contribution in [1.29, 1.82) is 0 Å². The number of carbonyl (C=O) groups is 2. The molecular weight excluding hydrogens is 661 g/mol. The number of rotatable bonds is 9. The van der Waals surface area contributed by atoms with Crippen LogP contribution in [-0.2, 0) is 4.79 Å². The number of nitrogens with zero attached hydrogens (tertiary/aromatic N) is 1.